The van der Waals surface area contributed by atoms with Crippen LogP contribution >= 0.6 is 0 Å². The quantitative estimate of drug-likeness (QED) is 0.287. The molecule has 0 saturated heterocycles. The predicted octanol–water partition coefficient (Wildman–Crippen LogP) is 4.98. The number of hydrogen-bond acceptors (Lipinski definition) is 6. The van der Waals surface area contributed by atoms with Gasteiger partial charge in [0.05, 0.1) is 11.1 Å². The van der Waals surface area contributed by atoms with E-state index in [0.29, 0.717) is 28.2 Å². The fraction of sp³-hybridized carbons (Fsp3) is 0.0909. The molecule has 0 aliphatic carbocycles. The number of para-hydroxylation sites is 1. The number of hydrogen-bond donors (Lipinski definition) is 1. The van der Waals surface area contributed by atoms with E-state index in [0.717, 1.165) is 10.9 Å². The van der Waals surface area contributed by atoms with Crippen molar-refractivity contribution in [3.63, 3.8) is 0 Å². The largest absolute Gasteiger partial charge is 0.455 e. The highest BCUT2D eigenvalue weighted by molar-refractivity contribution is 5.96. The molecule has 0 radical (unpaired) electrons. The van der Waals surface area contributed by atoms with Crippen molar-refractivity contribution in [2.75, 3.05) is 0 Å². The Kier molecular flexibility index (Phi) is 4.89. The lowest BCUT2D eigenvalue weighted by molar-refractivity contribution is -0.385. The number of carbonyl (C=O) groups excluding carboxylic acids is 1. The molecular formula is C22H17N3O5. The lowest BCUT2D eigenvalue weighted by Crippen LogP contribution is -2.16. The van der Waals surface area contributed by atoms with Gasteiger partial charge in [0.2, 0.25) is 0 Å². The van der Waals surface area contributed by atoms with Gasteiger partial charge in [-0.05, 0) is 49.7 Å². The molecule has 0 aliphatic rings. The zero-order valence-electron chi connectivity index (χ0n) is 16.2. The van der Waals surface area contributed by atoms with Crippen LogP contribution in [0.1, 0.15) is 27.4 Å². The second-order valence-electron chi connectivity index (χ2n) is 6.74. The van der Waals surface area contributed by atoms with Crippen LogP contribution in [0.4, 0.5) is 5.69 Å². The molecule has 8 heteroatoms. The van der Waals surface area contributed by atoms with Crippen molar-refractivity contribution in [2.45, 2.75) is 13.8 Å². The summed E-state index contributed by atoms with van der Waals surface area (Å²) in [7, 11) is 0. The van der Waals surface area contributed by atoms with Crippen molar-refractivity contribution < 1.29 is 18.6 Å². The second kappa shape index (κ2) is 7.67. The van der Waals surface area contributed by atoms with E-state index in [-0.39, 0.29) is 11.4 Å². The summed E-state index contributed by atoms with van der Waals surface area (Å²) < 4.78 is 11.2. The third-order valence-electron chi connectivity index (χ3n) is 4.76. The summed E-state index contributed by atoms with van der Waals surface area (Å²) in [4.78, 5) is 23.0. The van der Waals surface area contributed by atoms with Gasteiger partial charge in [0, 0.05) is 22.6 Å². The molecule has 150 valence electrons. The average molecular weight is 403 g/mol. The van der Waals surface area contributed by atoms with Crippen LogP contribution in [0.5, 0.6) is 0 Å². The van der Waals surface area contributed by atoms with Gasteiger partial charge in [0.25, 0.3) is 5.69 Å². The fourth-order valence-electron chi connectivity index (χ4n) is 3.05. The molecule has 8 nitrogen and oxygen atoms in total. The Morgan fingerprint density at radius 1 is 1.10 bits per heavy atom. The van der Waals surface area contributed by atoms with Gasteiger partial charge in [0.15, 0.2) is 5.76 Å². The summed E-state index contributed by atoms with van der Waals surface area (Å²) in [5, 5.41) is 16.0. The number of nitro groups is 1. The van der Waals surface area contributed by atoms with E-state index in [4.69, 9.17) is 8.83 Å². The van der Waals surface area contributed by atoms with Crippen molar-refractivity contribution in [3.05, 3.63) is 87.4 Å². The van der Waals surface area contributed by atoms with Gasteiger partial charge in [0.1, 0.15) is 17.1 Å². The molecule has 0 bridgehead atoms. The predicted molar refractivity (Wildman–Crippen MR) is 112 cm³/mol. The summed E-state index contributed by atoms with van der Waals surface area (Å²) in [6.45, 7) is 3.52. The minimum Gasteiger partial charge on any atom is -0.455 e. The minimum absolute atomic E-state index is 0.0368. The van der Waals surface area contributed by atoms with Crippen molar-refractivity contribution in [1.82, 2.24) is 5.43 Å². The van der Waals surface area contributed by atoms with Gasteiger partial charge < -0.3 is 8.83 Å². The molecule has 0 atom stereocenters. The summed E-state index contributed by atoms with van der Waals surface area (Å²) >= 11 is 0. The molecule has 4 rings (SSSR count). The number of aryl methyl sites for hydroxylation is 1. The van der Waals surface area contributed by atoms with Crippen molar-refractivity contribution in [3.8, 4) is 11.3 Å². The number of furan rings is 2. The van der Waals surface area contributed by atoms with Gasteiger partial charge in [-0.15, -0.1) is 0 Å². The van der Waals surface area contributed by atoms with Crippen molar-refractivity contribution in [1.29, 1.82) is 0 Å². The number of carbonyl (C=O) groups is 1. The Hall–Kier alpha value is -4.20. The first-order chi connectivity index (χ1) is 14.4. The highest BCUT2D eigenvalue weighted by atomic mass is 16.6. The van der Waals surface area contributed by atoms with Gasteiger partial charge in [-0.3, -0.25) is 14.9 Å². The van der Waals surface area contributed by atoms with E-state index in [1.54, 1.807) is 31.2 Å². The number of fused-ring (bicyclic) bond motifs is 1. The third-order valence-corrected chi connectivity index (χ3v) is 4.76. The number of rotatable bonds is 5. The SMILES string of the molecule is Cc1cc(-c2ccc(/C=N/NC(=O)c3cc4ccccc4o3)o2)cc([N+](=O)[O-])c1C. The van der Waals surface area contributed by atoms with Crippen LogP contribution in [0.2, 0.25) is 0 Å². The molecule has 4 aromatic rings. The number of nitrogens with zero attached hydrogens (tertiary/aromatic N) is 2. The van der Waals surface area contributed by atoms with Crippen LogP contribution in [0.25, 0.3) is 22.3 Å². The van der Waals surface area contributed by atoms with Crippen LogP contribution in [-0.2, 0) is 0 Å². The number of nitro benzene ring substituents is 1. The molecule has 2 heterocycles. The zero-order chi connectivity index (χ0) is 21.3. The van der Waals surface area contributed by atoms with Gasteiger partial charge in [-0.2, -0.15) is 5.10 Å². The van der Waals surface area contributed by atoms with Crippen LogP contribution < -0.4 is 5.43 Å². The zero-order valence-corrected chi connectivity index (χ0v) is 16.2. The van der Waals surface area contributed by atoms with Gasteiger partial charge >= 0.3 is 5.91 Å². The van der Waals surface area contributed by atoms with Crippen LogP contribution in [0.15, 0.2) is 68.5 Å². The summed E-state index contributed by atoms with van der Waals surface area (Å²) in [5.41, 5.74) is 5.04. The number of benzene rings is 2. The second-order valence-corrected chi connectivity index (χ2v) is 6.74. The first-order valence-electron chi connectivity index (χ1n) is 9.10. The first kappa shape index (κ1) is 19.1. The molecule has 0 aliphatic heterocycles. The lowest BCUT2D eigenvalue weighted by Gasteiger charge is -2.04. The smallest absolute Gasteiger partial charge is 0.307 e. The number of nitrogens with one attached hydrogen (secondary N) is 1. The molecule has 2 aromatic carbocycles. The molecule has 2 aromatic heterocycles. The van der Waals surface area contributed by atoms with E-state index in [1.165, 1.54) is 12.3 Å². The summed E-state index contributed by atoms with van der Waals surface area (Å²) in [6, 6.07) is 15.6. The minimum atomic E-state index is -0.487. The van der Waals surface area contributed by atoms with Gasteiger partial charge in [-0.1, -0.05) is 18.2 Å². The third kappa shape index (κ3) is 3.70. The van der Waals surface area contributed by atoms with E-state index in [1.807, 2.05) is 31.2 Å². The molecule has 0 spiro atoms. The maximum atomic E-state index is 12.2. The number of amides is 1. The normalized spacial score (nSPS) is 11.3. The van der Waals surface area contributed by atoms with E-state index >= 15 is 0 Å². The first-order valence-corrected chi connectivity index (χ1v) is 9.10. The number of hydrazone groups is 1. The standard InChI is InChI=1S/C22H17N3O5/c1-13-9-16(10-18(14(13)2)25(27)28)20-8-7-17(29-20)12-23-24-22(26)21-11-15-5-3-4-6-19(15)30-21/h3-12H,1-2H3,(H,24,26)/b23-12+. The molecule has 1 N–H and O–H groups in total. The van der Waals surface area contributed by atoms with E-state index in [9.17, 15) is 14.9 Å². The lowest BCUT2D eigenvalue weighted by atomic mass is 10.0. The maximum absolute atomic E-state index is 12.2. The van der Waals surface area contributed by atoms with Crippen molar-refractivity contribution >= 4 is 28.8 Å². The monoisotopic (exact) mass is 403 g/mol. The van der Waals surface area contributed by atoms with Crippen LogP contribution in [0.3, 0.4) is 0 Å². The molecule has 0 fully saturated rings. The Balaban J connectivity index is 1.49. The topological polar surface area (TPSA) is 111 Å². The summed E-state index contributed by atoms with van der Waals surface area (Å²) in [6.07, 6.45) is 1.35. The van der Waals surface area contributed by atoms with Crippen molar-refractivity contribution in [2.24, 2.45) is 5.10 Å². The fourth-order valence-corrected chi connectivity index (χ4v) is 3.05. The van der Waals surface area contributed by atoms with E-state index in [2.05, 4.69) is 10.5 Å². The molecule has 1 amide bonds. The Bertz CT molecular complexity index is 1270. The Morgan fingerprint density at radius 3 is 2.67 bits per heavy atom. The van der Waals surface area contributed by atoms with Gasteiger partial charge in [-0.25, -0.2) is 5.43 Å². The Labute approximate surface area is 171 Å². The molecular weight excluding hydrogens is 386 g/mol. The van der Waals surface area contributed by atoms with E-state index < -0.39 is 10.8 Å². The average Bonchev–Trinajstić information content (AvgIpc) is 3.36. The van der Waals surface area contributed by atoms with Crippen LogP contribution in [-0.4, -0.2) is 17.0 Å². The summed E-state index contributed by atoms with van der Waals surface area (Å²) in [5.74, 6) is 0.511. The van der Waals surface area contributed by atoms with Crippen LogP contribution in [0, 0.1) is 24.0 Å². The highest BCUT2D eigenvalue weighted by Gasteiger charge is 2.16. The Morgan fingerprint density at radius 2 is 1.90 bits per heavy atom. The molecule has 30 heavy (non-hydrogen) atoms. The highest BCUT2D eigenvalue weighted by Crippen LogP contribution is 2.30. The molecule has 0 saturated carbocycles. The molecule has 0 unspecified atom stereocenters. The maximum Gasteiger partial charge on any atom is 0.307 e.